The van der Waals surface area contributed by atoms with Crippen molar-refractivity contribution in [1.82, 2.24) is 0 Å². The van der Waals surface area contributed by atoms with E-state index in [0.29, 0.717) is 18.8 Å². The summed E-state index contributed by atoms with van der Waals surface area (Å²) in [6.07, 6.45) is -1.91. The van der Waals surface area contributed by atoms with Crippen LogP contribution in [0.3, 0.4) is 0 Å². The van der Waals surface area contributed by atoms with Gasteiger partial charge in [-0.15, -0.1) is 11.3 Å². The zero-order chi connectivity index (χ0) is 15.8. The summed E-state index contributed by atoms with van der Waals surface area (Å²) in [7, 11) is 0. The zero-order valence-corrected chi connectivity index (χ0v) is 11.9. The number of nitriles is 1. The highest BCUT2D eigenvalue weighted by Crippen LogP contribution is 2.39. The average molecular weight is 320 g/mol. The van der Waals surface area contributed by atoms with Crippen LogP contribution in [0.25, 0.3) is 0 Å². The molecule has 0 aliphatic heterocycles. The molecular formula is C13H12F4N2OS. The number of fused-ring (bicyclic) bond motifs is 1. The Labute approximate surface area is 122 Å². The summed E-state index contributed by atoms with van der Waals surface area (Å²) in [4.78, 5) is 12.1. The number of anilines is 1. The van der Waals surface area contributed by atoms with Crippen molar-refractivity contribution in [3.05, 3.63) is 16.0 Å². The third-order valence-corrected chi connectivity index (χ3v) is 4.60. The van der Waals surface area contributed by atoms with Gasteiger partial charge >= 0.3 is 18.3 Å². The molecule has 1 unspecified atom stereocenters. The molecule has 0 aromatic carbocycles. The SMILES string of the molecule is CC1CCc2c(sc(NC(=O)C(F)(F)C(F)F)c2C#N)C1. The molecule has 0 radical (unpaired) electrons. The smallest absolute Gasteiger partial charge is 0.311 e. The van der Waals surface area contributed by atoms with E-state index in [1.165, 1.54) is 0 Å². The number of nitrogens with one attached hydrogen (secondary N) is 1. The third-order valence-electron chi connectivity index (χ3n) is 3.43. The Hall–Kier alpha value is -1.62. The number of carbonyl (C=O) groups excluding carboxylic acids is 1. The number of hydrogen-bond acceptors (Lipinski definition) is 3. The standard InChI is InChI=1S/C13H12F4N2OS/c1-6-2-3-7-8(5-18)10(21-9(7)4-6)19-12(20)13(16,17)11(14)15/h6,11H,2-4H2,1H3,(H,19,20). The Morgan fingerprint density at radius 3 is 2.76 bits per heavy atom. The maximum absolute atomic E-state index is 13.0. The highest BCUT2D eigenvalue weighted by molar-refractivity contribution is 7.16. The largest absolute Gasteiger partial charge is 0.383 e. The second-order valence-electron chi connectivity index (χ2n) is 5.05. The van der Waals surface area contributed by atoms with E-state index in [4.69, 9.17) is 5.26 Å². The summed E-state index contributed by atoms with van der Waals surface area (Å²) < 4.78 is 50.2. The molecule has 1 aliphatic rings. The lowest BCUT2D eigenvalue weighted by atomic mass is 9.88. The van der Waals surface area contributed by atoms with E-state index >= 15 is 0 Å². The van der Waals surface area contributed by atoms with Crippen LogP contribution in [0.4, 0.5) is 22.6 Å². The number of hydrogen-bond donors (Lipinski definition) is 1. The lowest BCUT2D eigenvalue weighted by Crippen LogP contribution is -2.40. The molecule has 0 fully saturated rings. The highest BCUT2D eigenvalue weighted by Gasteiger charge is 2.49. The Morgan fingerprint density at radius 2 is 2.19 bits per heavy atom. The van der Waals surface area contributed by atoms with E-state index in [9.17, 15) is 22.4 Å². The second-order valence-corrected chi connectivity index (χ2v) is 6.15. The van der Waals surface area contributed by atoms with Crippen LogP contribution in [-0.4, -0.2) is 18.3 Å². The van der Waals surface area contributed by atoms with Crippen LogP contribution >= 0.6 is 11.3 Å². The molecular weight excluding hydrogens is 308 g/mol. The molecule has 0 saturated carbocycles. The summed E-state index contributed by atoms with van der Waals surface area (Å²) in [5.74, 6) is -6.46. The van der Waals surface area contributed by atoms with Gasteiger partial charge in [0.05, 0.1) is 5.56 Å². The maximum Gasteiger partial charge on any atom is 0.383 e. The Bertz CT molecular complexity index is 606. The number of nitrogens with zero attached hydrogens (tertiary/aromatic N) is 1. The fourth-order valence-corrected chi connectivity index (χ4v) is 3.60. The summed E-state index contributed by atoms with van der Waals surface area (Å²) in [6.45, 7) is 2.03. The maximum atomic E-state index is 13.0. The van der Waals surface area contributed by atoms with Crippen molar-refractivity contribution in [1.29, 1.82) is 5.26 Å². The molecule has 1 heterocycles. The van der Waals surface area contributed by atoms with E-state index in [1.54, 1.807) is 5.32 Å². The van der Waals surface area contributed by atoms with Crippen molar-refractivity contribution < 1.29 is 22.4 Å². The van der Waals surface area contributed by atoms with Crippen molar-refractivity contribution in [2.45, 2.75) is 38.5 Å². The van der Waals surface area contributed by atoms with Gasteiger partial charge in [0.2, 0.25) is 0 Å². The van der Waals surface area contributed by atoms with Crippen molar-refractivity contribution in [2.75, 3.05) is 5.32 Å². The number of thiophene rings is 1. The van der Waals surface area contributed by atoms with Crippen LogP contribution < -0.4 is 5.32 Å². The van der Waals surface area contributed by atoms with E-state index in [2.05, 4.69) is 0 Å². The average Bonchev–Trinajstić information content (AvgIpc) is 2.74. The zero-order valence-electron chi connectivity index (χ0n) is 11.1. The van der Waals surface area contributed by atoms with E-state index < -0.39 is 18.3 Å². The van der Waals surface area contributed by atoms with Gasteiger partial charge in [-0.05, 0) is 30.7 Å². The van der Waals surface area contributed by atoms with Gasteiger partial charge in [0.25, 0.3) is 0 Å². The molecule has 21 heavy (non-hydrogen) atoms. The number of halogens is 4. The minimum Gasteiger partial charge on any atom is -0.311 e. The molecule has 1 amide bonds. The van der Waals surface area contributed by atoms with Crippen molar-refractivity contribution >= 4 is 22.2 Å². The van der Waals surface area contributed by atoms with Crippen LogP contribution in [0.15, 0.2) is 0 Å². The topological polar surface area (TPSA) is 52.9 Å². The summed E-state index contributed by atoms with van der Waals surface area (Å²) in [5, 5.41) is 10.8. The first-order valence-corrected chi connectivity index (χ1v) is 7.11. The number of amides is 1. The van der Waals surface area contributed by atoms with Gasteiger partial charge in [-0.3, -0.25) is 4.79 Å². The minimum atomic E-state index is -4.77. The molecule has 2 rings (SSSR count). The van der Waals surface area contributed by atoms with E-state index in [-0.39, 0.29) is 10.6 Å². The van der Waals surface area contributed by atoms with Gasteiger partial charge in [-0.25, -0.2) is 8.78 Å². The van der Waals surface area contributed by atoms with Crippen LogP contribution in [0.5, 0.6) is 0 Å². The third kappa shape index (κ3) is 2.88. The van der Waals surface area contributed by atoms with Crippen molar-refractivity contribution in [2.24, 2.45) is 5.92 Å². The number of rotatable bonds is 3. The van der Waals surface area contributed by atoms with E-state index in [1.807, 2.05) is 13.0 Å². The molecule has 0 saturated heterocycles. The molecule has 3 nitrogen and oxygen atoms in total. The Balaban J connectivity index is 2.30. The monoisotopic (exact) mass is 320 g/mol. The quantitative estimate of drug-likeness (QED) is 0.866. The first kappa shape index (κ1) is 15.8. The highest BCUT2D eigenvalue weighted by atomic mass is 32.1. The predicted molar refractivity (Wildman–Crippen MR) is 69.8 cm³/mol. The normalized spacial score (nSPS) is 18.2. The Kier molecular flexibility index (Phi) is 4.23. The van der Waals surface area contributed by atoms with E-state index in [0.717, 1.165) is 28.2 Å². The molecule has 8 heteroatoms. The fourth-order valence-electron chi connectivity index (χ4n) is 2.24. The molecule has 0 bridgehead atoms. The van der Waals surface area contributed by atoms with Gasteiger partial charge in [0.15, 0.2) is 0 Å². The van der Waals surface area contributed by atoms with Gasteiger partial charge in [-0.1, -0.05) is 6.92 Å². The van der Waals surface area contributed by atoms with Crippen molar-refractivity contribution in [3.63, 3.8) is 0 Å². The van der Waals surface area contributed by atoms with Crippen LogP contribution in [0.2, 0.25) is 0 Å². The lowest BCUT2D eigenvalue weighted by Gasteiger charge is -2.17. The fraction of sp³-hybridized carbons (Fsp3) is 0.538. The van der Waals surface area contributed by atoms with Crippen LogP contribution in [0, 0.1) is 17.2 Å². The molecule has 1 aromatic heterocycles. The van der Waals surface area contributed by atoms with Crippen molar-refractivity contribution in [3.8, 4) is 6.07 Å². The molecule has 0 spiro atoms. The molecule has 1 aromatic rings. The van der Waals surface area contributed by atoms with Gasteiger partial charge in [0.1, 0.15) is 11.1 Å². The van der Waals surface area contributed by atoms with Crippen LogP contribution in [0.1, 0.15) is 29.3 Å². The predicted octanol–water partition coefficient (Wildman–Crippen LogP) is 3.58. The molecule has 1 N–H and O–H groups in total. The van der Waals surface area contributed by atoms with Gasteiger partial charge < -0.3 is 5.32 Å². The lowest BCUT2D eigenvalue weighted by molar-refractivity contribution is -0.163. The molecule has 1 atom stereocenters. The van der Waals surface area contributed by atoms with Gasteiger partial charge in [0, 0.05) is 4.88 Å². The minimum absolute atomic E-state index is 0.0677. The second kappa shape index (κ2) is 5.64. The number of carbonyl (C=O) groups is 1. The summed E-state index contributed by atoms with van der Waals surface area (Å²) >= 11 is 1.01. The molecule has 1 aliphatic carbocycles. The number of alkyl halides is 4. The van der Waals surface area contributed by atoms with Crippen LogP contribution in [-0.2, 0) is 17.6 Å². The van der Waals surface area contributed by atoms with Gasteiger partial charge in [-0.2, -0.15) is 14.0 Å². The Morgan fingerprint density at radius 1 is 1.52 bits per heavy atom. The first-order valence-electron chi connectivity index (χ1n) is 6.29. The summed E-state index contributed by atoms with van der Waals surface area (Å²) in [5.41, 5.74) is 0.844. The first-order chi connectivity index (χ1) is 9.77. The summed E-state index contributed by atoms with van der Waals surface area (Å²) in [6, 6.07) is 1.87. The molecule has 114 valence electrons.